The van der Waals surface area contributed by atoms with Crippen LogP contribution < -0.4 is 10.1 Å². The highest BCUT2D eigenvalue weighted by Gasteiger charge is 2.47. The maximum atomic E-state index is 12.6. The number of nitrogens with one attached hydrogen (secondary N) is 1. The van der Waals surface area contributed by atoms with Gasteiger partial charge in [0.2, 0.25) is 5.91 Å². The number of carbonyl (C=O) groups is 3. The van der Waals surface area contributed by atoms with Gasteiger partial charge >= 0.3 is 11.9 Å². The number of rotatable bonds is 5. The highest BCUT2D eigenvalue weighted by atomic mass is 35.5. The second kappa shape index (κ2) is 8.15. The number of urea groups is 1. The van der Waals surface area contributed by atoms with Gasteiger partial charge in [-0.05, 0) is 24.3 Å². The maximum Gasteiger partial charge on any atom is 0.445 e. The molecular weight excluding hydrogens is 404 g/mol. The number of allylic oxidation sites excluding steroid dienone is 1. The first-order valence-corrected chi connectivity index (χ1v) is 9.62. The lowest BCUT2D eigenvalue weighted by molar-refractivity contribution is -0.407. The minimum absolute atomic E-state index is 0.0633. The number of benzene rings is 1. The van der Waals surface area contributed by atoms with Gasteiger partial charge in [-0.15, -0.1) is 16.8 Å². The fourth-order valence-corrected chi connectivity index (χ4v) is 3.92. The van der Waals surface area contributed by atoms with E-state index in [2.05, 4.69) is 10.3 Å². The Bertz CT molecular complexity index is 957. The summed E-state index contributed by atoms with van der Waals surface area (Å²) in [6.45, 7) is 0. The van der Waals surface area contributed by atoms with Crippen LogP contribution in [0.1, 0.15) is 0 Å². The van der Waals surface area contributed by atoms with Crippen molar-refractivity contribution in [2.75, 3.05) is 32.3 Å². The zero-order chi connectivity index (χ0) is 20.4. The highest BCUT2D eigenvalue weighted by molar-refractivity contribution is 8.03. The van der Waals surface area contributed by atoms with E-state index in [1.54, 1.807) is 31.3 Å². The molecule has 0 spiro atoms. The summed E-state index contributed by atoms with van der Waals surface area (Å²) in [5.41, 5.74) is 0.464. The van der Waals surface area contributed by atoms with Crippen LogP contribution in [0.2, 0.25) is 5.02 Å². The first-order valence-electron chi connectivity index (χ1n) is 8.26. The van der Waals surface area contributed by atoms with E-state index in [0.29, 0.717) is 27.2 Å². The molecule has 4 amide bonds. The average Bonchev–Trinajstić information content (AvgIpc) is 2.69. The van der Waals surface area contributed by atoms with Gasteiger partial charge in [0.05, 0.1) is 32.6 Å². The lowest BCUT2D eigenvalue weighted by Crippen LogP contribution is -2.52. The fraction of sp³-hybridized carbons (Fsp3) is 0.278. The normalized spacial score (nSPS) is 18.8. The molecule has 2 aliphatic rings. The number of fused-ring (bicyclic) bond motifs is 1. The summed E-state index contributed by atoms with van der Waals surface area (Å²) in [6.07, 6.45) is 3.20. The van der Waals surface area contributed by atoms with Gasteiger partial charge < -0.3 is 10.1 Å². The summed E-state index contributed by atoms with van der Waals surface area (Å²) >= 11 is 7.19. The Kier molecular flexibility index (Phi) is 5.85. The molecule has 2 heterocycles. The van der Waals surface area contributed by atoms with Gasteiger partial charge in [0, 0.05) is 9.93 Å². The molecule has 1 N–H and O–H groups in total. The monoisotopic (exact) mass is 421 g/mol. The summed E-state index contributed by atoms with van der Waals surface area (Å²) in [7, 11) is 4.49. The molecule has 1 aromatic carbocycles. The molecule has 2 aliphatic heterocycles. The molecule has 0 aromatic heterocycles. The van der Waals surface area contributed by atoms with Crippen molar-refractivity contribution in [3.05, 3.63) is 34.2 Å². The van der Waals surface area contributed by atoms with Gasteiger partial charge in [0.15, 0.2) is 5.92 Å². The zero-order valence-corrected chi connectivity index (χ0v) is 17.0. The summed E-state index contributed by atoms with van der Waals surface area (Å²) in [6, 6.07) is 4.49. The van der Waals surface area contributed by atoms with Crippen LogP contribution in [0, 0.1) is 5.92 Å². The number of nitrogens with zero attached hydrogens (tertiary/aromatic N) is 3. The standard InChI is InChI=1S/C18H17ClN4O4S/c1-22-16-15(17(25)23(2)18(22)26)13(6-7-20-16)28-9-14(24)21-11-8-10(19)4-5-12(11)27-3/h4-8,15H,9H2,1-3H3/p+1. The number of imide groups is 1. The molecule has 0 aliphatic carbocycles. The molecule has 1 aromatic rings. The van der Waals surface area contributed by atoms with Crippen molar-refractivity contribution in [3.63, 3.8) is 0 Å². The number of dihydropyridines is 1. The van der Waals surface area contributed by atoms with Crippen LogP contribution in [0.4, 0.5) is 10.5 Å². The van der Waals surface area contributed by atoms with Gasteiger partial charge in [-0.1, -0.05) is 11.6 Å². The molecule has 1 unspecified atom stereocenters. The van der Waals surface area contributed by atoms with Crippen molar-refractivity contribution in [3.8, 4) is 5.75 Å². The minimum Gasteiger partial charge on any atom is -0.495 e. The molecule has 0 bridgehead atoms. The summed E-state index contributed by atoms with van der Waals surface area (Å²) in [5.74, 6) is -0.437. The summed E-state index contributed by atoms with van der Waals surface area (Å²) < 4.78 is 6.55. The number of aliphatic imine (C=N–C) groups is 1. The number of ether oxygens (including phenoxy) is 1. The third-order valence-corrected chi connectivity index (χ3v) is 5.64. The number of carbonyl (C=O) groups excluding carboxylic acids is 3. The zero-order valence-electron chi connectivity index (χ0n) is 15.4. The van der Waals surface area contributed by atoms with Gasteiger partial charge in [-0.25, -0.2) is 4.79 Å². The SMILES string of the molecule is COc1ccc(Cl)cc1NC(=O)CSC1=CC=NC2=[N+](C)C(=O)N(C)C(=O)C12. The van der Waals surface area contributed by atoms with Crippen LogP contribution in [0.25, 0.3) is 0 Å². The Morgan fingerprint density at radius 3 is 2.89 bits per heavy atom. The van der Waals surface area contributed by atoms with E-state index < -0.39 is 11.9 Å². The van der Waals surface area contributed by atoms with Crippen molar-refractivity contribution in [1.29, 1.82) is 0 Å². The largest absolute Gasteiger partial charge is 0.495 e. The maximum absolute atomic E-state index is 12.6. The van der Waals surface area contributed by atoms with E-state index in [4.69, 9.17) is 16.3 Å². The third kappa shape index (κ3) is 3.81. The lowest BCUT2D eigenvalue weighted by atomic mass is 10.0. The van der Waals surface area contributed by atoms with Crippen molar-refractivity contribution < 1.29 is 23.7 Å². The van der Waals surface area contributed by atoms with Gasteiger partial charge in [-0.2, -0.15) is 9.48 Å². The van der Waals surface area contributed by atoms with Crippen LogP contribution in [0.3, 0.4) is 0 Å². The van der Waals surface area contributed by atoms with E-state index in [9.17, 15) is 14.4 Å². The van der Waals surface area contributed by atoms with Gasteiger partial charge in [0.25, 0.3) is 5.84 Å². The number of thioether (sulfide) groups is 1. The predicted octanol–water partition coefficient (Wildman–Crippen LogP) is 2.24. The average molecular weight is 422 g/mol. The van der Waals surface area contributed by atoms with Gasteiger partial charge in [-0.3, -0.25) is 9.59 Å². The molecule has 0 saturated carbocycles. The molecule has 10 heteroatoms. The van der Waals surface area contributed by atoms with Crippen LogP contribution in [-0.2, 0) is 9.59 Å². The second-order valence-corrected chi connectivity index (χ2v) is 7.54. The Morgan fingerprint density at radius 1 is 1.43 bits per heavy atom. The van der Waals surface area contributed by atoms with Crippen molar-refractivity contribution in [2.45, 2.75) is 0 Å². The van der Waals surface area contributed by atoms with E-state index in [1.165, 1.54) is 36.7 Å². The summed E-state index contributed by atoms with van der Waals surface area (Å²) in [4.78, 5) is 42.9. The second-order valence-electron chi connectivity index (χ2n) is 6.06. The highest BCUT2D eigenvalue weighted by Crippen LogP contribution is 2.32. The topological polar surface area (TPSA) is 91.1 Å². The Balaban J connectivity index is 1.73. The van der Waals surface area contributed by atoms with E-state index in [1.807, 2.05) is 0 Å². The number of methoxy groups -OCH3 is 1. The molecule has 0 radical (unpaired) electrons. The first kappa shape index (κ1) is 20.1. The minimum atomic E-state index is -0.698. The molecule has 28 heavy (non-hydrogen) atoms. The number of hydrogen-bond acceptors (Lipinski definition) is 6. The number of amidine groups is 1. The van der Waals surface area contributed by atoms with E-state index in [0.717, 1.165) is 4.90 Å². The number of amides is 4. The van der Waals surface area contributed by atoms with Gasteiger partial charge in [0.1, 0.15) is 12.0 Å². The van der Waals surface area contributed by atoms with E-state index in [-0.39, 0.29) is 17.6 Å². The number of anilines is 1. The fourth-order valence-electron chi connectivity index (χ4n) is 2.85. The molecule has 0 saturated heterocycles. The third-order valence-electron chi connectivity index (χ3n) is 4.29. The molecule has 146 valence electrons. The van der Waals surface area contributed by atoms with Crippen molar-refractivity contribution in [2.24, 2.45) is 10.9 Å². The van der Waals surface area contributed by atoms with Crippen molar-refractivity contribution in [1.82, 2.24) is 4.90 Å². The smallest absolute Gasteiger partial charge is 0.445 e. The molecule has 3 rings (SSSR count). The Labute approximate surface area is 170 Å². The predicted molar refractivity (Wildman–Crippen MR) is 109 cm³/mol. The molecule has 0 fully saturated rings. The number of halogens is 1. The quantitative estimate of drug-likeness (QED) is 0.736. The summed E-state index contributed by atoms with van der Waals surface area (Å²) in [5, 5.41) is 3.22. The Morgan fingerprint density at radius 2 is 2.18 bits per heavy atom. The van der Waals surface area contributed by atoms with Crippen molar-refractivity contribution >= 4 is 58.9 Å². The van der Waals surface area contributed by atoms with Crippen LogP contribution in [0.15, 0.2) is 34.2 Å². The van der Waals surface area contributed by atoms with Crippen LogP contribution >= 0.6 is 23.4 Å². The lowest BCUT2D eigenvalue weighted by Gasteiger charge is -2.26. The van der Waals surface area contributed by atoms with Crippen LogP contribution in [0.5, 0.6) is 5.75 Å². The molecule has 8 nitrogen and oxygen atoms in total. The number of hydrogen-bond donors (Lipinski definition) is 1. The molecule has 1 atom stereocenters. The van der Waals surface area contributed by atoms with Crippen LogP contribution in [-0.4, -0.2) is 66.3 Å². The van der Waals surface area contributed by atoms with E-state index >= 15 is 0 Å². The first-order chi connectivity index (χ1) is 13.3. The molecular formula is C18H18ClN4O4S+. The Hall–Kier alpha value is -2.65.